The van der Waals surface area contributed by atoms with Crippen molar-refractivity contribution < 1.29 is 13.7 Å². The van der Waals surface area contributed by atoms with E-state index in [2.05, 4.69) is 31.4 Å². The van der Waals surface area contributed by atoms with Crippen LogP contribution in [0.1, 0.15) is 10.4 Å². The smallest absolute Gasteiger partial charge is 0.293 e. The largest absolute Gasteiger partial charge is 0.459 e. The number of furan rings is 1. The molecule has 4 rings (SSSR count). The van der Waals surface area contributed by atoms with Gasteiger partial charge in [-0.3, -0.25) is 4.79 Å². The van der Waals surface area contributed by atoms with E-state index in [0.717, 1.165) is 10.0 Å². The highest BCUT2D eigenvalue weighted by Crippen LogP contribution is 2.23. The number of aromatic nitrogens is 2. The molecule has 0 unspecified atom stereocenters. The van der Waals surface area contributed by atoms with Gasteiger partial charge < -0.3 is 14.3 Å². The van der Waals surface area contributed by atoms with E-state index in [1.54, 1.807) is 42.7 Å². The molecular weight excluding hydrogens is 398 g/mol. The minimum atomic E-state index is -0.182. The van der Waals surface area contributed by atoms with E-state index in [-0.39, 0.29) is 5.91 Å². The maximum atomic E-state index is 12.3. The first kappa shape index (κ1) is 16.3. The molecule has 6 nitrogen and oxygen atoms in total. The molecule has 26 heavy (non-hydrogen) atoms. The van der Waals surface area contributed by atoms with Gasteiger partial charge in [0.2, 0.25) is 5.82 Å². The van der Waals surface area contributed by atoms with Gasteiger partial charge in [0.25, 0.3) is 11.8 Å². The summed E-state index contributed by atoms with van der Waals surface area (Å²) in [6, 6.07) is 17.9. The van der Waals surface area contributed by atoms with Gasteiger partial charge in [0, 0.05) is 21.3 Å². The van der Waals surface area contributed by atoms with Crippen LogP contribution >= 0.6 is 15.9 Å². The number of benzene rings is 2. The van der Waals surface area contributed by atoms with Gasteiger partial charge in [0.1, 0.15) is 0 Å². The number of rotatable bonds is 4. The molecule has 0 saturated carbocycles. The summed E-state index contributed by atoms with van der Waals surface area (Å²) in [5, 5.41) is 6.80. The number of hydrogen-bond acceptors (Lipinski definition) is 5. The third kappa shape index (κ3) is 3.43. The number of hydrogen-bond donors (Lipinski definition) is 1. The SMILES string of the molecule is O=C(Nc1ccc(-c2noc(-c3ccco3)n2)cc1)c1cccc(Br)c1. The van der Waals surface area contributed by atoms with Gasteiger partial charge in [0.15, 0.2) is 5.76 Å². The van der Waals surface area contributed by atoms with E-state index in [4.69, 9.17) is 8.94 Å². The summed E-state index contributed by atoms with van der Waals surface area (Å²) in [7, 11) is 0. The maximum absolute atomic E-state index is 12.3. The zero-order valence-electron chi connectivity index (χ0n) is 13.3. The summed E-state index contributed by atoms with van der Waals surface area (Å²) in [4.78, 5) is 16.6. The average Bonchev–Trinajstić information content (AvgIpc) is 3.34. The van der Waals surface area contributed by atoms with Crippen LogP contribution in [0.25, 0.3) is 23.0 Å². The molecule has 0 aliphatic heterocycles. The molecule has 1 N–H and O–H groups in total. The van der Waals surface area contributed by atoms with Crippen molar-refractivity contribution in [2.24, 2.45) is 0 Å². The van der Waals surface area contributed by atoms with Crippen LogP contribution in [-0.4, -0.2) is 16.0 Å². The molecule has 0 bridgehead atoms. The van der Waals surface area contributed by atoms with Crippen molar-refractivity contribution in [1.82, 2.24) is 10.1 Å². The van der Waals surface area contributed by atoms with Gasteiger partial charge in [-0.15, -0.1) is 0 Å². The molecule has 0 saturated heterocycles. The molecule has 0 radical (unpaired) electrons. The van der Waals surface area contributed by atoms with Crippen LogP contribution in [0.5, 0.6) is 0 Å². The maximum Gasteiger partial charge on any atom is 0.293 e. The van der Waals surface area contributed by atoms with Crippen LogP contribution in [0.2, 0.25) is 0 Å². The molecule has 0 aliphatic carbocycles. The summed E-state index contributed by atoms with van der Waals surface area (Å²) in [6.07, 6.45) is 1.54. The fourth-order valence-electron chi connectivity index (χ4n) is 2.38. The van der Waals surface area contributed by atoms with Crippen LogP contribution in [0.4, 0.5) is 5.69 Å². The van der Waals surface area contributed by atoms with Gasteiger partial charge in [-0.2, -0.15) is 4.98 Å². The minimum Gasteiger partial charge on any atom is -0.459 e. The van der Waals surface area contributed by atoms with Crippen molar-refractivity contribution in [3.05, 3.63) is 77.0 Å². The third-order valence-electron chi connectivity index (χ3n) is 3.65. The van der Waals surface area contributed by atoms with Crippen molar-refractivity contribution >= 4 is 27.5 Å². The molecule has 0 aliphatic rings. The summed E-state index contributed by atoms with van der Waals surface area (Å²) >= 11 is 3.36. The average molecular weight is 410 g/mol. The summed E-state index contributed by atoms with van der Waals surface area (Å²) in [6.45, 7) is 0. The van der Waals surface area contributed by atoms with Crippen LogP contribution in [0.3, 0.4) is 0 Å². The molecule has 2 heterocycles. The number of nitrogens with zero attached hydrogens (tertiary/aromatic N) is 2. The van der Waals surface area contributed by atoms with Gasteiger partial charge in [-0.25, -0.2) is 0 Å². The Kier molecular flexibility index (Phi) is 4.37. The molecule has 2 aromatic carbocycles. The van der Waals surface area contributed by atoms with Crippen molar-refractivity contribution in [3.63, 3.8) is 0 Å². The molecule has 0 atom stereocenters. The van der Waals surface area contributed by atoms with E-state index in [9.17, 15) is 4.79 Å². The fraction of sp³-hybridized carbons (Fsp3) is 0. The minimum absolute atomic E-state index is 0.182. The second kappa shape index (κ2) is 6.97. The lowest BCUT2D eigenvalue weighted by Gasteiger charge is -2.06. The molecule has 7 heteroatoms. The zero-order valence-corrected chi connectivity index (χ0v) is 14.9. The number of nitrogens with one attached hydrogen (secondary N) is 1. The molecule has 0 spiro atoms. The van der Waals surface area contributed by atoms with Crippen molar-refractivity contribution in [2.45, 2.75) is 0 Å². The lowest BCUT2D eigenvalue weighted by atomic mass is 10.1. The Labute approximate surface area is 157 Å². The number of anilines is 1. The van der Waals surface area contributed by atoms with E-state index < -0.39 is 0 Å². The number of amides is 1. The van der Waals surface area contributed by atoms with Crippen LogP contribution < -0.4 is 5.32 Å². The summed E-state index contributed by atoms with van der Waals surface area (Å²) in [5.41, 5.74) is 2.02. The highest BCUT2D eigenvalue weighted by Gasteiger charge is 2.13. The Balaban J connectivity index is 1.49. The van der Waals surface area contributed by atoms with Crippen molar-refractivity contribution in [3.8, 4) is 23.0 Å². The van der Waals surface area contributed by atoms with Crippen LogP contribution in [0.15, 0.2) is 80.3 Å². The van der Waals surface area contributed by atoms with Gasteiger partial charge in [0.05, 0.1) is 6.26 Å². The molecule has 4 aromatic rings. The predicted octanol–water partition coefficient (Wildman–Crippen LogP) is 5.01. The van der Waals surface area contributed by atoms with Crippen molar-refractivity contribution in [1.29, 1.82) is 0 Å². The molecular formula is C19H12BrN3O3. The van der Waals surface area contributed by atoms with Gasteiger partial charge >= 0.3 is 0 Å². The monoisotopic (exact) mass is 409 g/mol. The van der Waals surface area contributed by atoms with Gasteiger partial charge in [-0.1, -0.05) is 27.2 Å². The lowest BCUT2D eigenvalue weighted by molar-refractivity contribution is 0.102. The Morgan fingerprint density at radius 1 is 1.04 bits per heavy atom. The van der Waals surface area contributed by atoms with Gasteiger partial charge in [-0.05, 0) is 54.6 Å². The second-order valence-corrected chi connectivity index (χ2v) is 6.36. The Hall–Kier alpha value is -3.19. The number of carbonyl (C=O) groups excluding carboxylic acids is 1. The Morgan fingerprint density at radius 2 is 1.88 bits per heavy atom. The second-order valence-electron chi connectivity index (χ2n) is 5.44. The third-order valence-corrected chi connectivity index (χ3v) is 4.14. The molecule has 0 fully saturated rings. The Bertz CT molecular complexity index is 1040. The van der Waals surface area contributed by atoms with E-state index in [1.807, 2.05) is 24.3 Å². The predicted molar refractivity (Wildman–Crippen MR) is 99.5 cm³/mol. The molecule has 128 valence electrons. The summed E-state index contributed by atoms with van der Waals surface area (Å²) in [5.74, 6) is 1.10. The highest BCUT2D eigenvalue weighted by atomic mass is 79.9. The quantitative estimate of drug-likeness (QED) is 0.512. The van der Waals surface area contributed by atoms with E-state index in [0.29, 0.717) is 28.7 Å². The number of halogens is 1. The van der Waals surface area contributed by atoms with E-state index in [1.165, 1.54) is 0 Å². The Morgan fingerprint density at radius 3 is 2.62 bits per heavy atom. The van der Waals surface area contributed by atoms with Crippen LogP contribution in [0, 0.1) is 0 Å². The molecule has 2 aromatic heterocycles. The van der Waals surface area contributed by atoms with E-state index >= 15 is 0 Å². The molecule has 1 amide bonds. The normalized spacial score (nSPS) is 10.7. The van der Waals surface area contributed by atoms with Crippen molar-refractivity contribution in [2.75, 3.05) is 5.32 Å². The standard InChI is InChI=1S/C19H12BrN3O3/c20-14-4-1-3-13(11-14)18(24)21-15-8-6-12(7-9-15)17-22-19(26-23-17)16-5-2-10-25-16/h1-11H,(H,21,24). The first-order chi connectivity index (χ1) is 12.7. The lowest BCUT2D eigenvalue weighted by Crippen LogP contribution is -2.11. The first-order valence-corrected chi connectivity index (χ1v) is 8.53. The number of carbonyl (C=O) groups is 1. The first-order valence-electron chi connectivity index (χ1n) is 7.74. The topological polar surface area (TPSA) is 81.2 Å². The fourth-order valence-corrected chi connectivity index (χ4v) is 2.78. The highest BCUT2D eigenvalue weighted by molar-refractivity contribution is 9.10. The zero-order chi connectivity index (χ0) is 17.9. The summed E-state index contributed by atoms with van der Waals surface area (Å²) < 4.78 is 11.3. The van der Waals surface area contributed by atoms with Crippen LogP contribution in [-0.2, 0) is 0 Å².